The average Bonchev–Trinajstić information content (AvgIpc) is 3.49. The minimum absolute atomic E-state index is 0.103. The van der Waals surface area contributed by atoms with Crippen LogP contribution in [0.5, 0.6) is 5.75 Å². The van der Waals surface area contributed by atoms with Gasteiger partial charge < -0.3 is 14.9 Å². The Morgan fingerprint density at radius 2 is 1.40 bits per heavy atom. The lowest BCUT2D eigenvalue weighted by molar-refractivity contribution is -0.116. The Hall–Kier alpha value is -2.53. The van der Waals surface area contributed by atoms with Gasteiger partial charge in [0.25, 0.3) is 0 Å². The van der Waals surface area contributed by atoms with Crippen LogP contribution in [0.2, 0.25) is 0 Å². The zero-order chi connectivity index (χ0) is 31.8. The summed E-state index contributed by atoms with van der Waals surface area (Å²) in [6, 6.07) is 6.59. The zero-order valence-corrected chi connectivity index (χ0v) is 27.6. The third-order valence-corrected chi connectivity index (χ3v) is 15.0. The van der Waals surface area contributed by atoms with E-state index < -0.39 is 11.2 Å². The third-order valence-electron chi connectivity index (χ3n) is 15.0. The Morgan fingerprint density at radius 1 is 0.756 bits per heavy atom. The van der Waals surface area contributed by atoms with Crippen LogP contribution < -0.4 is 4.74 Å². The molecule has 5 fully saturated rings. The number of benzene rings is 1. The van der Waals surface area contributed by atoms with Crippen LogP contribution in [-0.4, -0.2) is 34.3 Å². The molecule has 240 valence electrons. The quantitative estimate of drug-likeness (QED) is 0.326. The third kappa shape index (κ3) is 4.53. The molecule has 4 heteroatoms. The van der Waals surface area contributed by atoms with Gasteiger partial charge in [0, 0.05) is 17.3 Å². The Bertz CT molecular complexity index is 1480. The molecule has 0 aliphatic heterocycles. The fourth-order valence-electron chi connectivity index (χ4n) is 12.4. The number of ether oxygens (including phenoxy) is 1. The van der Waals surface area contributed by atoms with Crippen LogP contribution in [-0.2, 0) is 11.2 Å². The van der Waals surface area contributed by atoms with Crippen molar-refractivity contribution in [3.63, 3.8) is 0 Å². The number of rotatable bonds is 1. The number of fused-ring (bicyclic) bond motifs is 10. The van der Waals surface area contributed by atoms with Crippen LogP contribution >= 0.6 is 0 Å². The van der Waals surface area contributed by atoms with Crippen LogP contribution in [0.25, 0.3) is 0 Å². The molecule has 5 saturated carbocycles. The van der Waals surface area contributed by atoms with Crippen LogP contribution in [0.1, 0.15) is 114 Å². The molecule has 0 aromatic heterocycles. The smallest absolute Gasteiger partial charge is 0.155 e. The highest BCUT2D eigenvalue weighted by atomic mass is 16.5. The van der Waals surface area contributed by atoms with Gasteiger partial charge in [-0.2, -0.15) is 0 Å². The van der Waals surface area contributed by atoms with E-state index in [2.05, 4.69) is 43.9 Å². The standard InChI is InChI=1S/C21H26O2.C20H26O2/c1-4-21(22)12-10-19-18-7-5-14-13-15(23-3)6-8-16(14)17(18)9-11-20(19,21)2;1-3-20(22)11-9-18-17-6-4-13-12-14(21)5-7-15(13)16(17)8-10-19(18,20)2/h1,6,8,13,17-19,22H,5,7,9-12H2,2-3H3;1,12,15-18,22H,4-11H2,2H3/t17-,18-,19+,20+,21+;15-,16+,17+,18-,19-,20-/m10/s1. The highest BCUT2D eigenvalue weighted by Gasteiger charge is 2.62. The minimum atomic E-state index is -0.902. The van der Waals surface area contributed by atoms with Crippen LogP contribution in [0.3, 0.4) is 0 Å². The highest BCUT2D eigenvalue weighted by Crippen LogP contribution is 2.66. The lowest BCUT2D eigenvalue weighted by atomic mass is 9.50. The molecule has 0 heterocycles. The van der Waals surface area contributed by atoms with E-state index >= 15 is 0 Å². The number of terminal acetylenes is 2. The second kappa shape index (κ2) is 11.0. The molecule has 0 amide bonds. The molecule has 7 aliphatic rings. The fraction of sp³-hybridized carbons (Fsp3) is 0.683. The summed E-state index contributed by atoms with van der Waals surface area (Å²) in [5.74, 6) is 11.2. The van der Waals surface area contributed by atoms with Crippen molar-refractivity contribution < 1.29 is 19.7 Å². The van der Waals surface area contributed by atoms with Gasteiger partial charge in [-0.1, -0.05) is 37.3 Å². The van der Waals surface area contributed by atoms with E-state index in [4.69, 9.17) is 17.6 Å². The number of aliphatic hydroxyl groups is 2. The lowest BCUT2D eigenvalue weighted by Gasteiger charge is -2.54. The van der Waals surface area contributed by atoms with E-state index in [1.807, 2.05) is 6.08 Å². The first kappa shape index (κ1) is 31.1. The number of carbonyl (C=O) groups is 1. The Labute approximate surface area is 270 Å². The molecular weight excluding hydrogens is 556 g/mol. The van der Waals surface area contributed by atoms with Crippen molar-refractivity contribution in [3.8, 4) is 30.4 Å². The summed E-state index contributed by atoms with van der Waals surface area (Å²) in [5.41, 5.74) is 2.39. The van der Waals surface area contributed by atoms with Gasteiger partial charge in [-0.3, -0.25) is 4.79 Å². The second-order valence-electron chi connectivity index (χ2n) is 16.3. The van der Waals surface area contributed by atoms with Gasteiger partial charge >= 0.3 is 0 Å². The molecule has 0 spiro atoms. The summed E-state index contributed by atoms with van der Waals surface area (Å²) in [5, 5.41) is 21.9. The Balaban J connectivity index is 0.000000145. The van der Waals surface area contributed by atoms with Gasteiger partial charge in [-0.05, 0) is 154 Å². The molecule has 0 radical (unpaired) electrons. The molecule has 7 aliphatic carbocycles. The first-order valence-electron chi connectivity index (χ1n) is 17.8. The number of aryl methyl sites for hydroxylation is 1. The van der Waals surface area contributed by atoms with Crippen molar-refractivity contribution >= 4 is 5.78 Å². The van der Waals surface area contributed by atoms with E-state index in [1.165, 1.54) is 29.5 Å². The van der Waals surface area contributed by atoms with Crippen LogP contribution in [0.4, 0.5) is 0 Å². The molecule has 11 atom stereocenters. The van der Waals surface area contributed by atoms with Crippen molar-refractivity contribution in [3.05, 3.63) is 41.0 Å². The number of hydrogen-bond donors (Lipinski definition) is 2. The van der Waals surface area contributed by atoms with Crippen molar-refractivity contribution in [2.45, 2.75) is 121 Å². The fourth-order valence-corrected chi connectivity index (χ4v) is 12.4. The molecule has 0 saturated heterocycles. The van der Waals surface area contributed by atoms with Gasteiger partial charge in [0.05, 0.1) is 7.11 Å². The van der Waals surface area contributed by atoms with E-state index in [9.17, 15) is 15.0 Å². The summed E-state index contributed by atoms with van der Waals surface area (Å²) < 4.78 is 5.39. The molecule has 45 heavy (non-hydrogen) atoms. The topological polar surface area (TPSA) is 66.8 Å². The van der Waals surface area contributed by atoms with Crippen LogP contribution in [0.15, 0.2) is 29.8 Å². The molecule has 2 N–H and O–H groups in total. The van der Waals surface area contributed by atoms with E-state index in [-0.39, 0.29) is 10.8 Å². The van der Waals surface area contributed by atoms with Gasteiger partial charge in [-0.15, -0.1) is 12.8 Å². The average molecular weight is 609 g/mol. The lowest BCUT2D eigenvalue weighted by Crippen LogP contribution is -2.52. The van der Waals surface area contributed by atoms with Gasteiger partial charge in [-0.25, -0.2) is 0 Å². The van der Waals surface area contributed by atoms with Crippen LogP contribution in [0, 0.1) is 71.0 Å². The molecule has 4 nitrogen and oxygen atoms in total. The Morgan fingerprint density at radius 3 is 2.07 bits per heavy atom. The zero-order valence-electron chi connectivity index (χ0n) is 27.6. The van der Waals surface area contributed by atoms with Crippen molar-refractivity contribution in [2.24, 2.45) is 46.3 Å². The number of methoxy groups -OCH3 is 1. The number of allylic oxidation sites excluding steroid dienone is 1. The van der Waals surface area contributed by atoms with Crippen molar-refractivity contribution in [1.82, 2.24) is 0 Å². The Kier molecular flexibility index (Phi) is 7.62. The maximum Gasteiger partial charge on any atom is 0.155 e. The van der Waals surface area contributed by atoms with E-state index in [0.29, 0.717) is 47.2 Å². The van der Waals surface area contributed by atoms with Gasteiger partial charge in [0.2, 0.25) is 0 Å². The second-order valence-corrected chi connectivity index (χ2v) is 16.3. The molecular formula is C41H52O4. The summed E-state index contributed by atoms with van der Waals surface area (Å²) in [6.07, 6.45) is 27.8. The predicted molar refractivity (Wildman–Crippen MR) is 177 cm³/mol. The van der Waals surface area contributed by atoms with E-state index in [1.54, 1.807) is 7.11 Å². The van der Waals surface area contributed by atoms with Crippen molar-refractivity contribution in [1.29, 1.82) is 0 Å². The maximum atomic E-state index is 11.7. The minimum Gasteiger partial charge on any atom is -0.497 e. The normalized spacial score (nSPS) is 45.8. The maximum absolute atomic E-state index is 11.7. The highest BCUT2D eigenvalue weighted by molar-refractivity contribution is 5.91. The largest absolute Gasteiger partial charge is 0.497 e. The number of ketones is 1. The molecule has 1 aromatic carbocycles. The summed E-state index contributed by atoms with van der Waals surface area (Å²) in [7, 11) is 1.73. The van der Waals surface area contributed by atoms with Gasteiger partial charge in [0.15, 0.2) is 5.78 Å². The predicted octanol–water partition coefficient (Wildman–Crippen LogP) is 7.41. The monoisotopic (exact) mass is 608 g/mol. The van der Waals surface area contributed by atoms with E-state index in [0.717, 1.165) is 82.8 Å². The molecule has 0 unspecified atom stereocenters. The summed E-state index contributed by atoms with van der Waals surface area (Å²) >= 11 is 0. The summed E-state index contributed by atoms with van der Waals surface area (Å²) in [6.45, 7) is 4.47. The first-order chi connectivity index (χ1) is 21.5. The number of carbonyl (C=O) groups excluding carboxylic acids is 1. The molecule has 8 rings (SSSR count). The SMILES string of the molecule is C#C[C@]1(O)CC[C@H]2[C@@H]3CCC4=CC(=O)CC[C@@H]4[C@H]3CC[C@@]21C.C#C[C@]1(O)CC[C@H]2[C@@H]3CCc4cc(OC)ccc4[C@H]3CC[C@@]21C. The molecule has 1 aromatic rings. The molecule has 0 bridgehead atoms. The first-order valence-corrected chi connectivity index (χ1v) is 17.8. The van der Waals surface area contributed by atoms with Gasteiger partial charge in [0.1, 0.15) is 17.0 Å². The summed E-state index contributed by atoms with van der Waals surface area (Å²) in [4.78, 5) is 11.7. The number of hydrogen-bond acceptors (Lipinski definition) is 4. The van der Waals surface area contributed by atoms with Crippen molar-refractivity contribution in [2.75, 3.05) is 7.11 Å².